The molecule has 0 saturated carbocycles. The van der Waals surface area contributed by atoms with Gasteiger partial charge in [0.15, 0.2) is 0 Å². The number of fused-ring (bicyclic) bond motifs is 1. The molecule has 4 nitrogen and oxygen atoms in total. The zero-order valence-corrected chi connectivity index (χ0v) is 12.7. The van der Waals surface area contributed by atoms with Crippen LogP contribution in [0.25, 0.3) is 0 Å². The molecule has 0 saturated heterocycles. The summed E-state index contributed by atoms with van der Waals surface area (Å²) in [6.45, 7) is 1.41. The monoisotopic (exact) mass is 305 g/mol. The van der Waals surface area contributed by atoms with Crippen LogP contribution in [0, 0.1) is 0 Å². The van der Waals surface area contributed by atoms with Gasteiger partial charge in [-0.05, 0) is 22.3 Å². The van der Waals surface area contributed by atoms with Gasteiger partial charge in [-0.25, -0.2) is 4.79 Å². The number of carbonyl (C=O) groups excluding carboxylic acids is 2. The average Bonchev–Trinajstić information content (AvgIpc) is 2.55. The molecule has 2 aromatic carbocycles. The molecule has 0 fully saturated rings. The number of hydrogen-bond acceptors (Lipinski definition) is 4. The van der Waals surface area contributed by atoms with Gasteiger partial charge in [-0.15, -0.1) is 0 Å². The van der Waals surface area contributed by atoms with Crippen molar-refractivity contribution < 1.29 is 14.3 Å². The number of benzene rings is 2. The van der Waals surface area contributed by atoms with E-state index < -0.39 is 5.54 Å². The normalized spacial score (nSPS) is 26.7. The number of isocyanates is 1. The fraction of sp³-hybridized carbons (Fsp3) is 0.263. The lowest BCUT2D eigenvalue weighted by molar-refractivity contribution is -0.148. The van der Waals surface area contributed by atoms with Gasteiger partial charge >= 0.3 is 5.97 Å². The first-order chi connectivity index (χ1) is 11.2. The molecule has 23 heavy (non-hydrogen) atoms. The number of nitrogens with zero attached hydrogens (tertiary/aromatic N) is 1. The summed E-state index contributed by atoms with van der Waals surface area (Å²) in [5, 5.41) is 0. The second kappa shape index (κ2) is 4.90. The molecule has 0 amide bonds. The maximum absolute atomic E-state index is 11.5. The quantitative estimate of drug-likeness (QED) is 0.487. The van der Waals surface area contributed by atoms with Crippen LogP contribution in [0.15, 0.2) is 53.5 Å². The molecular weight excluding hydrogens is 290 g/mol. The highest BCUT2D eigenvalue weighted by Gasteiger charge is 2.54. The molecule has 4 heteroatoms. The van der Waals surface area contributed by atoms with E-state index in [0.29, 0.717) is 6.42 Å². The molecular formula is C19H15NO3. The Balaban J connectivity index is 2.04. The summed E-state index contributed by atoms with van der Waals surface area (Å²) in [5.74, 6) is -0.335. The Bertz CT molecular complexity index is 804. The molecule has 2 bridgehead atoms. The SMILES string of the molecule is CC(=O)OC1CC2(N=C=O)c3ccccc3C1c1ccccc12. The molecule has 0 aromatic heterocycles. The lowest BCUT2D eigenvalue weighted by atomic mass is 9.58. The third-order valence-electron chi connectivity index (χ3n) is 4.91. The first-order valence-corrected chi connectivity index (χ1v) is 7.62. The summed E-state index contributed by atoms with van der Waals surface area (Å²) >= 11 is 0. The largest absolute Gasteiger partial charge is 0.461 e. The minimum Gasteiger partial charge on any atom is -0.461 e. The molecule has 0 aliphatic heterocycles. The molecule has 1 unspecified atom stereocenters. The minimum atomic E-state index is -0.816. The second-order valence-corrected chi connectivity index (χ2v) is 6.07. The maximum atomic E-state index is 11.5. The van der Waals surface area contributed by atoms with Crippen LogP contribution in [0.3, 0.4) is 0 Å². The summed E-state index contributed by atoms with van der Waals surface area (Å²) in [4.78, 5) is 27.0. The molecule has 1 atom stereocenters. The van der Waals surface area contributed by atoms with E-state index in [1.807, 2.05) is 48.5 Å². The Morgan fingerprint density at radius 2 is 1.70 bits per heavy atom. The van der Waals surface area contributed by atoms with Crippen molar-refractivity contribution in [2.24, 2.45) is 4.99 Å². The Morgan fingerprint density at radius 1 is 1.13 bits per heavy atom. The van der Waals surface area contributed by atoms with E-state index in [1.165, 1.54) is 6.92 Å². The number of hydrogen-bond donors (Lipinski definition) is 0. The van der Waals surface area contributed by atoms with Gasteiger partial charge in [0.1, 0.15) is 11.6 Å². The number of esters is 1. The first kappa shape index (κ1) is 13.9. The van der Waals surface area contributed by atoms with E-state index in [-0.39, 0.29) is 18.0 Å². The lowest BCUT2D eigenvalue weighted by Crippen LogP contribution is -2.47. The number of carbonyl (C=O) groups is 1. The molecule has 114 valence electrons. The van der Waals surface area contributed by atoms with Crippen molar-refractivity contribution in [2.75, 3.05) is 0 Å². The van der Waals surface area contributed by atoms with Crippen LogP contribution in [-0.2, 0) is 19.9 Å². The summed E-state index contributed by atoms with van der Waals surface area (Å²) in [5.41, 5.74) is 3.35. The third kappa shape index (κ3) is 1.82. The number of rotatable bonds is 2. The van der Waals surface area contributed by atoms with E-state index in [2.05, 4.69) is 4.99 Å². The Labute approximate surface area is 133 Å². The first-order valence-electron chi connectivity index (χ1n) is 7.62. The summed E-state index contributed by atoms with van der Waals surface area (Å²) in [6, 6.07) is 15.9. The van der Waals surface area contributed by atoms with Crippen LogP contribution in [0.5, 0.6) is 0 Å². The number of ether oxygens (including phenoxy) is 1. The zero-order valence-electron chi connectivity index (χ0n) is 12.7. The Hall–Kier alpha value is -2.71. The molecule has 0 heterocycles. The van der Waals surface area contributed by atoms with Crippen LogP contribution < -0.4 is 0 Å². The van der Waals surface area contributed by atoms with E-state index in [9.17, 15) is 9.59 Å². The van der Waals surface area contributed by atoms with Crippen LogP contribution in [0.4, 0.5) is 0 Å². The van der Waals surface area contributed by atoms with Crippen LogP contribution >= 0.6 is 0 Å². The summed E-state index contributed by atoms with van der Waals surface area (Å²) < 4.78 is 5.58. The van der Waals surface area contributed by atoms with Gasteiger partial charge < -0.3 is 4.74 Å². The van der Waals surface area contributed by atoms with Crippen LogP contribution in [0.2, 0.25) is 0 Å². The van der Waals surface area contributed by atoms with Crippen molar-refractivity contribution in [3.05, 3.63) is 70.8 Å². The van der Waals surface area contributed by atoms with E-state index in [1.54, 1.807) is 6.08 Å². The average molecular weight is 305 g/mol. The number of aliphatic imine (C=N–C) groups is 1. The Kier molecular flexibility index (Phi) is 2.97. The minimum absolute atomic E-state index is 0.0185. The molecule has 0 N–H and O–H groups in total. The van der Waals surface area contributed by atoms with Gasteiger partial charge in [-0.2, -0.15) is 4.99 Å². The summed E-state index contributed by atoms with van der Waals surface area (Å²) in [6.07, 6.45) is 1.89. The van der Waals surface area contributed by atoms with E-state index in [4.69, 9.17) is 4.74 Å². The molecule has 3 aliphatic rings. The van der Waals surface area contributed by atoms with Crippen LogP contribution in [0.1, 0.15) is 41.5 Å². The smallest absolute Gasteiger partial charge is 0.302 e. The fourth-order valence-corrected chi connectivity index (χ4v) is 4.20. The Morgan fingerprint density at radius 3 is 2.22 bits per heavy atom. The van der Waals surface area contributed by atoms with Crippen molar-refractivity contribution in [3.8, 4) is 0 Å². The lowest BCUT2D eigenvalue weighted by Gasteiger charge is -2.49. The van der Waals surface area contributed by atoms with E-state index >= 15 is 0 Å². The highest BCUT2D eigenvalue weighted by molar-refractivity contribution is 5.68. The predicted molar refractivity (Wildman–Crippen MR) is 83.8 cm³/mol. The van der Waals surface area contributed by atoms with Crippen molar-refractivity contribution >= 4 is 12.0 Å². The highest BCUT2D eigenvalue weighted by atomic mass is 16.5. The second-order valence-electron chi connectivity index (χ2n) is 6.07. The topological polar surface area (TPSA) is 55.7 Å². The van der Waals surface area contributed by atoms with Gasteiger partial charge in [0.2, 0.25) is 6.08 Å². The van der Waals surface area contributed by atoms with Crippen LogP contribution in [-0.4, -0.2) is 18.2 Å². The summed E-state index contributed by atoms with van der Waals surface area (Å²) in [7, 11) is 0. The molecule has 0 spiro atoms. The molecule has 2 aromatic rings. The van der Waals surface area contributed by atoms with Gasteiger partial charge in [0.05, 0.1) is 0 Å². The van der Waals surface area contributed by atoms with Gasteiger partial charge in [-0.3, -0.25) is 4.79 Å². The van der Waals surface area contributed by atoms with Gasteiger partial charge in [0.25, 0.3) is 0 Å². The van der Waals surface area contributed by atoms with Crippen molar-refractivity contribution in [1.82, 2.24) is 0 Å². The van der Waals surface area contributed by atoms with Gasteiger partial charge in [-0.1, -0.05) is 48.5 Å². The molecule has 3 aliphatic carbocycles. The predicted octanol–water partition coefficient (Wildman–Crippen LogP) is 3.05. The zero-order chi connectivity index (χ0) is 16.0. The third-order valence-corrected chi connectivity index (χ3v) is 4.91. The molecule has 0 radical (unpaired) electrons. The fourth-order valence-electron chi connectivity index (χ4n) is 4.20. The highest BCUT2D eigenvalue weighted by Crippen LogP contribution is 2.57. The van der Waals surface area contributed by atoms with Crippen molar-refractivity contribution in [2.45, 2.75) is 30.9 Å². The van der Waals surface area contributed by atoms with Gasteiger partial charge in [0, 0.05) is 19.3 Å². The van der Waals surface area contributed by atoms with Crippen molar-refractivity contribution in [3.63, 3.8) is 0 Å². The van der Waals surface area contributed by atoms with Crippen molar-refractivity contribution in [1.29, 1.82) is 0 Å². The standard InChI is InChI=1S/C19H15NO3/c1-12(22)23-17-10-19(20-11-21)15-8-4-2-6-13(15)18(17)14-7-3-5-9-16(14)19/h2-9,17-18H,10H2,1H3. The molecule has 5 rings (SSSR count). The van der Waals surface area contributed by atoms with E-state index in [0.717, 1.165) is 22.3 Å². The maximum Gasteiger partial charge on any atom is 0.302 e.